The molecule has 0 aliphatic rings. The Balaban J connectivity index is 1.66. The van der Waals surface area contributed by atoms with Gasteiger partial charge in [-0.2, -0.15) is 4.68 Å². The molecule has 0 bridgehead atoms. The first-order chi connectivity index (χ1) is 12.0. The zero-order valence-corrected chi connectivity index (χ0v) is 15.2. The maximum absolute atomic E-state index is 12.3. The van der Waals surface area contributed by atoms with Gasteiger partial charge >= 0.3 is 0 Å². The lowest BCUT2D eigenvalue weighted by Crippen LogP contribution is -2.15. The van der Waals surface area contributed by atoms with Gasteiger partial charge in [0, 0.05) is 5.69 Å². The number of thioether (sulfide) groups is 1. The van der Waals surface area contributed by atoms with E-state index in [9.17, 15) is 4.79 Å². The molecule has 128 valence electrons. The lowest BCUT2D eigenvalue weighted by molar-refractivity contribution is -0.113. The summed E-state index contributed by atoms with van der Waals surface area (Å²) in [5, 5.41) is 15.3. The molecular weight excluding hydrogens is 334 g/mol. The summed E-state index contributed by atoms with van der Waals surface area (Å²) in [5.74, 6) is 0.150. The maximum Gasteiger partial charge on any atom is 0.234 e. The van der Waals surface area contributed by atoms with E-state index >= 15 is 0 Å². The van der Waals surface area contributed by atoms with E-state index in [0.717, 1.165) is 22.5 Å². The van der Waals surface area contributed by atoms with Crippen LogP contribution in [0.2, 0.25) is 0 Å². The average Bonchev–Trinajstić information content (AvgIpc) is 3.05. The van der Waals surface area contributed by atoms with Crippen LogP contribution in [0, 0.1) is 20.8 Å². The van der Waals surface area contributed by atoms with E-state index < -0.39 is 0 Å². The Bertz CT molecular complexity index is 889. The Hall–Kier alpha value is -2.67. The second-order valence-electron chi connectivity index (χ2n) is 5.86. The van der Waals surface area contributed by atoms with Crippen molar-refractivity contribution in [2.75, 3.05) is 11.1 Å². The molecule has 0 radical (unpaired) electrons. The number of nitrogens with zero attached hydrogens (tertiary/aromatic N) is 4. The SMILES string of the molecule is Cc1ccc(-n2nnnc2SCC(=O)Nc2cc(C)ccc2C)cc1. The van der Waals surface area contributed by atoms with Gasteiger partial charge in [-0.3, -0.25) is 4.79 Å². The number of rotatable bonds is 5. The monoisotopic (exact) mass is 353 g/mol. The minimum absolute atomic E-state index is 0.0860. The fourth-order valence-corrected chi connectivity index (χ4v) is 2.99. The molecule has 1 aromatic heterocycles. The number of carbonyl (C=O) groups is 1. The van der Waals surface area contributed by atoms with Crippen molar-refractivity contribution in [3.63, 3.8) is 0 Å². The smallest absolute Gasteiger partial charge is 0.234 e. The molecule has 3 rings (SSSR count). The summed E-state index contributed by atoms with van der Waals surface area (Å²) in [6.07, 6.45) is 0. The minimum Gasteiger partial charge on any atom is -0.325 e. The second kappa shape index (κ2) is 7.48. The molecule has 0 atom stereocenters. The number of benzene rings is 2. The van der Waals surface area contributed by atoms with Crippen molar-refractivity contribution in [1.82, 2.24) is 20.2 Å². The van der Waals surface area contributed by atoms with Gasteiger partial charge in [0.2, 0.25) is 11.1 Å². The normalized spacial score (nSPS) is 10.7. The minimum atomic E-state index is -0.0860. The summed E-state index contributed by atoms with van der Waals surface area (Å²) in [4.78, 5) is 12.3. The Labute approximate surface area is 150 Å². The van der Waals surface area contributed by atoms with Crippen LogP contribution in [0.5, 0.6) is 0 Å². The molecule has 1 heterocycles. The number of aromatic nitrogens is 4. The molecule has 0 fully saturated rings. The quantitative estimate of drug-likeness (QED) is 0.713. The Morgan fingerprint density at radius 1 is 1.08 bits per heavy atom. The lowest BCUT2D eigenvalue weighted by Gasteiger charge is -2.09. The molecule has 0 spiro atoms. The molecule has 1 N–H and O–H groups in total. The van der Waals surface area contributed by atoms with Crippen LogP contribution >= 0.6 is 11.8 Å². The molecule has 3 aromatic rings. The molecule has 0 saturated carbocycles. The van der Waals surface area contributed by atoms with Gasteiger partial charge in [-0.05, 0) is 60.5 Å². The van der Waals surface area contributed by atoms with Crippen molar-refractivity contribution in [3.8, 4) is 5.69 Å². The van der Waals surface area contributed by atoms with Gasteiger partial charge in [0.15, 0.2) is 0 Å². The fourth-order valence-electron chi connectivity index (χ4n) is 2.30. The van der Waals surface area contributed by atoms with Gasteiger partial charge in [0.1, 0.15) is 0 Å². The molecule has 0 saturated heterocycles. The molecule has 6 nitrogen and oxygen atoms in total. The third-order valence-corrected chi connectivity index (χ3v) is 4.64. The van der Waals surface area contributed by atoms with Crippen LogP contribution in [0.4, 0.5) is 5.69 Å². The van der Waals surface area contributed by atoms with Gasteiger partial charge < -0.3 is 5.32 Å². The number of tetrazole rings is 1. The van der Waals surface area contributed by atoms with Crippen LogP contribution in [-0.4, -0.2) is 31.9 Å². The molecule has 0 aliphatic heterocycles. The topological polar surface area (TPSA) is 72.7 Å². The standard InChI is InChI=1S/C18H19N5OS/c1-12-5-8-15(9-6-12)23-18(20-21-22-23)25-11-17(24)19-16-10-13(2)4-7-14(16)3/h4-10H,11H2,1-3H3,(H,19,24). The molecule has 7 heteroatoms. The van der Waals surface area contributed by atoms with Crippen molar-refractivity contribution in [2.24, 2.45) is 0 Å². The van der Waals surface area contributed by atoms with E-state index in [1.54, 1.807) is 4.68 Å². The Morgan fingerprint density at radius 2 is 1.80 bits per heavy atom. The van der Waals surface area contributed by atoms with Crippen molar-refractivity contribution in [3.05, 3.63) is 59.2 Å². The Kier molecular flexibility index (Phi) is 5.14. The van der Waals surface area contributed by atoms with E-state index in [1.807, 2.05) is 63.2 Å². The van der Waals surface area contributed by atoms with Gasteiger partial charge in [-0.1, -0.05) is 41.6 Å². The number of aryl methyl sites for hydroxylation is 3. The average molecular weight is 353 g/mol. The highest BCUT2D eigenvalue weighted by atomic mass is 32.2. The van der Waals surface area contributed by atoms with Gasteiger partial charge in [0.05, 0.1) is 11.4 Å². The number of carbonyl (C=O) groups excluding carboxylic acids is 1. The summed E-state index contributed by atoms with van der Waals surface area (Å²) >= 11 is 1.30. The zero-order valence-electron chi connectivity index (χ0n) is 14.4. The molecule has 25 heavy (non-hydrogen) atoms. The summed E-state index contributed by atoms with van der Waals surface area (Å²) in [5.41, 5.74) is 5.01. The van der Waals surface area contributed by atoms with Crippen LogP contribution in [0.3, 0.4) is 0 Å². The number of amides is 1. The van der Waals surface area contributed by atoms with Crippen LogP contribution in [0.25, 0.3) is 5.69 Å². The van der Waals surface area contributed by atoms with Gasteiger partial charge in [-0.15, -0.1) is 5.10 Å². The highest BCUT2D eigenvalue weighted by molar-refractivity contribution is 7.99. The van der Waals surface area contributed by atoms with Crippen molar-refractivity contribution in [2.45, 2.75) is 25.9 Å². The van der Waals surface area contributed by atoms with Crippen LogP contribution < -0.4 is 5.32 Å². The van der Waals surface area contributed by atoms with Crippen LogP contribution in [0.15, 0.2) is 47.6 Å². The first-order valence-electron chi connectivity index (χ1n) is 7.88. The van der Waals surface area contributed by atoms with Crippen LogP contribution in [-0.2, 0) is 4.79 Å². The van der Waals surface area contributed by atoms with E-state index in [-0.39, 0.29) is 11.7 Å². The van der Waals surface area contributed by atoms with Gasteiger partial charge in [0.25, 0.3) is 0 Å². The van der Waals surface area contributed by atoms with E-state index in [1.165, 1.54) is 17.3 Å². The molecule has 2 aromatic carbocycles. The zero-order chi connectivity index (χ0) is 17.8. The maximum atomic E-state index is 12.3. The highest BCUT2D eigenvalue weighted by Crippen LogP contribution is 2.20. The van der Waals surface area contributed by atoms with E-state index in [4.69, 9.17) is 0 Å². The molecule has 0 unspecified atom stereocenters. The fraction of sp³-hybridized carbons (Fsp3) is 0.222. The number of hydrogen-bond acceptors (Lipinski definition) is 5. The molecule has 1 amide bonds. The third-order valence-electron chi connectivity index (χ3n) is 3.72. The summed E-state index contributed by atoms with van der Waals surface area (Å²) < 4.78 is 1.63. The number of nitrogens with one attached hydrogen (secondary N) is 1. The van der Waals surface area contributed by atoms with E-state index in [2.05, 4.69) is 20.8 Å². The summed E-state index contributed by atoms with van der Waals surface area (Å²) in [6.45, 7) is 6.00. The van der Waals surface area contributed by atoms with E-state index in [0.29, 0.717) is 5.16 Å². The first-order valence-corrected chi connectivity index (χ1v) is 8.87. The van der Waals surface area contributed by atoms with Crippen molar-refractivity contribution >= 4 is 23.4 Å². The molecule has 0 aliphatic carbocycles. The first kappa shape index (κ1) is 17.2. The van der Waals surface area contributed by atoms with Crippen molar-refractivity contribution < 1.29 is 4.79 Å². The summed E-state index contributed by atoms with van der Waals surface area (Å²) in [7, 11) is 0. The highest BCUT2D eigenvalue weighted by Gasteiger charge is 2.12. The van der Waals surface area contributed by atoms with Crippen LogP contribution in [0.1, 0.15) is 16.7 Å². The van der Waals surface area contributed by atoms with Gasteiger partial charge in [-0.25, -0.2) is 0 Å². The summed E-state index contributed by atoms with van der Waals surface area (Å²) in [6, 6.07) is 13.9. The largest absolute Gasteiger partial charge is 0.325 e. The predicted octanol–water partition coefficient (Wildman–Crippen LogP) is 3.32. The number of anilines is 1. The predicted molar refractivity (Wildman–Crippen MR) is 99.2 cm³/mol. The second-order valence-corrected chi connectivity index (χ2v) is 6.81. The lowest BCUT2D eigenvalue weighted by atomic mass is 10.1. The van der Waals surface area contributed by atoms with Crippen molar-refractivity contribution in [1.29, 1.82) is 0 Å². The molecular formula is C18H19N5OS. The third kappa shape index (κ3) is 4.24. The number of hydrogen-bond donors (Lipinski definition) is 1. The Morgan fingerprint density at radius 3 is 2.56 bits per heavy atom.